The Labute approximate surface area is 164 Å². The standard InChI is InChI=1S/C18H29INO2.BrH/c19-17-8-7-9-18(16-17)22-15-6-2-1-3-10-20(13-14-21)11-4-5-12-20;/h7-9,16,21H,1-6,10-15H2;1H/q+1;/p-1. The van der Waals surface area contributed by atoms with Gasteiger partial charge in [0.2, 0.25) is 0 Å². The highest BCUT2D eigenvalue weighted by Crippen LogP contribution is 2.20. The fraction of sp³-hybridized carbons (Fsp3) is 0.667. The van der Waals surface area contributed by atoms with Gasteiger partial charge in [0.05, 0.1) is 32.8 Å². The topological polar surface area (TPSA) is 29.5 Å². The summed E-state index contributed by atoms with van der Waals surface area (Å²) >= 11 is 2.31. The lowest BCUT2D eigenvalue weighted by atomic mass is 10.2. The minimum absolute atomic E-state index is 0. The number of nitrogens with zero attached hydrogens (tertiary/aromatic N) is 1. The van der Waals surface area contributed by atoms with Crippen molar-refractivity contribution in [3.8, 4) is 5.75 Å². The zero-order valence-electron chi connectivity index (χ0n) is 13.9. The van der Waals surface area contributed by atoms with E-state index in [-0.39, 0.29) is 17.0 Å². The predicted molar refractivity (Wildman–Crippen MR) is 99.2 cm³/mol. The summed E-state index contributed by atoms with van der Waals surface area (Å²) in [6, 6.07) is 8.23. The van der Waals surface area contributed by atoms with E-state index in [9.17, 15) is 5.11 Å². The smallest absolute Gasteiger partial charge is 0.120 e. The van der Waals surface area contributed by atoms with Gasteiger partial charge >= 0.3 is 0 Å². The maximum atomic E-state index is 9.26. The Bertz CT molecular complexity index is 439. The highest BCUT2D eigenvalue weighted by Gasteiger charge is 2.30. The van der Waals surface area contributed by atoms with E-state index in [2.05, 4.69) is 34.7 Å². The van der Waals surface area contributed by atoms with E-state index in [1.165, 1.54) is 55.3 Å². The van der Waals surface area contributed by atoms with Gasteiger partial charge in [-0.05, 0) is 66.5 Å². The molecule has 1 aromatic rings. The predicted octanol–water partition coefficient (Wildman–Crippen LogP) is 0.837. The first-order valence-corrected chi connectivity index (χ1v) is 9.66. The molecule has 1 aromatic carbocycles. The fourth-order valence-corrected chi connectivity index (χ4v) is 3.94. The Hall–Kier alpha value is 0.150. The van der Waals surface area contributed by atoms with Gasteiger partial charge in [-0.3, -0.25) is 0 Å². The number of likely N-dealkylation sites (tertiary alicyclic amines) is 1. The molecule has 0 aliphatic carbocycles. The largest absolute Gasteiger partial charge is 1.00 e. The van der Waals surface area contributed by atoms with Gasteiger partial charge in [-0.25, -0.2) is 0 Å². The molecule has 132 valence electrons. The van der Waals surface area contributed by atoms with Gasteiger partial charge in [0.1, 0.15) is 12.3 Å². The van der Waals surface area contributed by atoms with Crippen molar-refractivity contribution >= 4 is 22.6 Å². The molecular formula is C18H29BrINO2. The van der Waals surface area contributed by atoms with E-state index in [0.29, 0.717) is 6.61 Å². The molecule has 1 saturated heterocycles. The van der Waals surface area contributed by atoms with Crippen LogP contribution in [0, 0.1) is 3.57 Å². The lowest BCUT2D eigenvalue weighted by Crippen LogP contribution is -3.00. The second kappa shape index (κ2) is 11.7. The average molecular weight is 498 g/mol. The highest BCUT2D eigenvalue weighted by molar-refractivity contribution is 14.1. The molecule has 0 spiro atoms. The summed E-state index contributed by atoms with van der Waals surface area (Å²) in [6.45, 7) is 5.90. The maximum Gasteiger partial charge on any atom is 0.120 e. The molecule has 1 N–H and O–H groups in total. The minimum Gasteiger partial charge on any atom is -1.00 e. The first-order valence-electron chi connectivity index (χ1n) is 8.58. The maximum absolute atomic E-state index is 9.26. The Morgan fingerprint density at radius 3 is 2.48 bits per heavy atom. The lowest BCUT2D eigenvalue weighted by molar-refractivity contribution is -0.917. The summed E-state index contributed by atoms with van der Waals surface area (Å²) < 4.78 is 8.17. The Kier molecular flexibility index (Phi) is 10.7. The zero-order chi connectivity index (χ0) is 15.7. The van der Waals surface area contributed by atoms with E-state index in [0.717, 1.165) is 29.8 Å². The van der Waals surface area contributed by atoms with Gasteiger partial charge in [0.15, 0.2) is 0 Å². The molecule has 0 radical (unpaired) electrons. The molecule has 5 heteroatoms. The van der Waals surface area contributed by atoms with E-state index >= 15 is 0 Å². The van der Waals surface area contributed by atoms with Gasteiger partial charge in [0, 0.05) is 16.4 Å². The molecule has 0 bridgehead atoms. The summed E-state index contributed by atoms with van der Waals surface area (Å²) in [5.74, 6) is 0.983. The minimum atomic E-state index is 0. The van der Waals surface area contributed by atoms with Crippen molar-refractivity contribution in [2.75, 3.05) is 39.4 Å². The normalized spacial score (nSPS) is 16.1. The number of aliphatic hydroxyl groups is 1. The van der Waals surface area contributed by atoms with Gasteiger partial charge < -0.3 is 31.3 Å². The molecule has 0 amide bonds. The number of ether oxygens (including phenoxy) is 1. The average Bonchev–Trinajstić information content (AvgIpc) is 2.95. The number of aliphatic hydroxyl groups excluding tert-OH is 1. The van der Waals surface area contributed by atoms with Crippen molar-refractivity contribution in [3.63, 3.8) is 0 Å². The van der Waals surface area contributed by atoms with E-state index in [1.54, 1.807) is 0 Å². The van der Waals surface area contributed by atoms with Crippen LogP contribution in [0.2, 0.25) is 0 Å². The monoisotopic (exact) mass is 497 g/mol. The Morgan fingerprint density at radius 1 is 1.04 bits per heavy atom. The quantitative estimate of drug-likeness (QED) is 0.295. The van der Waals surface area contributed by atoms with Crippen molar-refractivity contribution in [1.29, 1.82) is 0 Å². The molecule has 0 saturated carbocycles. The van der Waals surface area contributed by atoms with Crippen LogP contribution >= 0.6 is 22.6 Å². The molecule has 0 atom stereocenters. The van der Waals surface area contributed by atoms with Crippen LogP contribution < -0.4 is 21.7 Å². The third kappa shape index (κ3) is 7.71. The SMILES string of the molecule is OCC[N+]1(CCCCCCOc2cccc(I)c2)CCCC1.[Br-]. The summed E-state index contributed by atoms with van der Waals surface area (Å²) in [5, 5.41) is 9.26. The Balaban J connectivity index is 0.00000264. The Morgan fingerprint density at radius 2 is 1.78 bits per heavy atom. The molecule has 1 fully saturated rings. The van der Waals surface area contributed by atoms with Crippen molar-refractivity contribution in [3.05, 3.63) is 27.8 Å². The van der Waals surface area contributed by atoms with Crippen LogP contribution in [0.15, 0.2) is 24.3 Å². The van der Waals surface area contributed by atoms with Gasteiger partial charge in [-0.2, -0.15) is 0 Å². The highest BCUT2D eigenvalue weighted by atomic mass is 127. The number of halogens is 2. The number of hydrogen-bond donors (Lipinski definition) is 1. The molecular weight excluding hydrogens is 469 g/mol. The zero-order valence-corrected chi connectivity index (χ0v) is 17.6. The van der Waals surface area contributed by atoms with Crippen LogP contribution in [-0.4, -0.2) is 49.0 Å². The van der Waals surface area contributed by atoms with Crippen LogP contribution in [0.1, 0.15) is 38.5 Å². The number of rotatable bonds is 10. The second-order valence-corrected chi connectivity index (χ2v) is 7.63. The molecule has 1 aliphatic rings. The van der Waals surface area contributed by atoms with Crippen LogP contribution in [0.5, 0.6) is 5.75 Å². The number of quaternary nitrogens is 1. The van der Waals surface area contributed by atoms with E-state index in [1.807, 2.05) is 12.1 Å². The lowest BCUT2D eigenvalue weighted by Gasteiger charge is -2.33. The van der Waals surface area contributed by atoms with Crippen molar-refractivity contribution in [2.45, 2.75) is 38.5 Å². The molecule has 2 rings (SSSR count). The van der Waals surface area contributed by atoms with Gasteiger partial charge in [-0.1, -0.05) is 6.07 Å². The summed E-state index contributed by atoms with van der Waals surface area (Å²) in [6.07, 6.45) is 7.60. The molecule has 0 aromatic heterocycles. The van der Waals surface area contributed by atoms with Crippen LogP contribution in [-0.2, 0) is 0 Å². The van der Waals surface area contributed by atoms with Crippen LogP contribution in [0.25, 0.3) is 0 Å². The van der Waals surface area contributed by atoms with Gasteiger partial charge in [0.25, 0.3) is 0 Å². The van der Waals surface area contributed by atoms with E-state index < -0.39 is 0 Å². The summed E-state index contributed by atoms with van der Waals surface area (Å²) in [5.41, 5.74) is 0. The molecule has 1 aliphatic heterocycles. The third-order valence-electron chi connectivity index (χ3n) is 4.68. The van der Waals surface area contributed by atoms with Crippen molar-refractivity contribution in [1.82, 2.24) is 0 Å². The van der Waals surface area contributed by atoms with E-state index in [4.69, 9.17) is 4.74 Å². The van der Waals surface area contributed by atoms with Crippen molar-refractivity contribution < 1.29 is 31.3 Å². The first-order chi connectivity index (χ1) is 10.7. The second-order valence-electron chi connectivity index (χ2n) is 6.39. The number of hydrogen-bond acceptors (Lipinski definition) is 2. The number of benzene rings is 1. The first kappa shape index (κ1) is 21.2. The third-order valence-corrected chi connectivity index (χ3v) is 5.35. The summed E-state index contributed by atoms with van der Waals surface area (Å²) in [7, 11) is 0. The molecule has 1 heterocycles. The molecule has 0 unspecified atom stereocenters. The number of unbranched alkanes of at least 4 members (excludes halogenated alkanes) is 3. The summed E-state index contributed by atoms with van der Waals surface area (Å²) in [4.78, 5) is 0. The van der Waals surface area contributed by atoms with Crippen molar-refractivity contribution in [2.24, 2.45) is 0 Å². The fourth-order valence-electron chi connectivity index (χ4n) is 3.43. The molecule has 3 nitrogen and oxygen atoms in total. The molecule has 23 heavy (non-hydrogen) atoms. The van der Waals surface area contributed by atoms with Gasteiger partial charge in [-0.15, -0.1) is 0 Å². The van der Waals surface area contributed by atoms with Crippen LogP contribution in [0.4, 0.5) is 0 Å². The van der Waals surface area contributed by atoms with Crippen LogP contribution in [0.3, 0.4) is 0 Å².